The van der Waals surface area contributed by atoms with Crippen LogP contribution in [0.25, 0.3) is 54.9 Å². The third kappa shape index (κ3) is 5.89. The predicted molar refractivity (Wildman–Crippen MR) is 232 cm³/mol. The number of benzene rings is 8. The summed E-state index contributed by atoms with van der Waals surface area (Å²) in [5.41, 5.74) is 15.5. The van der Waals surface area contributed by atoms with Crippen LogP contribution in [0, 0.1) is 6.92 Å². The number of fused-ring (bicyclic) bond motifs is 4. The molecule has 0 heterocycles. The second-order valence-corrected chi connectivity index (χ2v) is 16.5. The Morgan fingerprint density at radius 3 is 1.61 bits per heavy atom. The van der Waals surface area contributed by atoms with Crippen molar-refractivity contribution in [2.45, 2.75) is 58.3 Å². The summed E-state index contributed by atoms with van der Waals surface area (Å²) in [5, 5.41) is 5.11. The first-order valence-electron chi connectivity index (χ1n) is 19.4. The van der Waals surface area contributed by atoms with Crippen molar-refractivity contribution in [2.75, 3.05) is 4.90 Å². The zero-order valence-corrected chi connectivity index (χ0v) is 32.0. The van der Waals surface area contributed by atoms with Crippen LogP contribution in [0.4, 0.5) is 17.1 Å². The van der Waals surface area contributed by atoms with E-state index in [0.717, 1.165) is 11.4 Å². The highest BCUT2D eigenvalue weighted by molar-refractivity contribution is 6.13. The number of para-hydroxylation sites is 1. The van der Waals surface area contributed by atoms with Gasteiger partial charge in [0.05, 0.1) is 5.69 Å². The Kier molecular flexibility index (Phi) is 8.27. The van der Waals surface area contributed by atoms with E-state index in [0.29, 0.717) is 0 Å². The lowest BCUT2D eigenvalue weighted by Crippen LogP contribution is -2.34. The number of hydrogen-bond acceptors (Lipinski definition) is 1. The Bertz CT molecular complexity index is 2640. The van der Waals surface area contributed by atoms with Gasteiger partial charge in [-0.05, 0) is 139 Å². The highest BCUT2D eigenvalue weighted by Crippen LogP contribution is 2.50. The highest BCUT2D eigenvalue weighted by Gasteiger charge is 2.37. The minimum atomic E-state index is 0.123. The van der Waals surface area contributed by atoms with Crippen molar-refractivity contribution < 1.29 is 0 Å². The molecule has 8 aromatic carbocycles. The second kappa shape index (κ2) is 13.2. The molecule has 0 saturated carbocycles. The molecule has 0 atom stereocenters. The molecule has 54 heavy (non-hydrogen) atoms. The maximum Gasteiger partial charge on any atom is 0.0540 e. The van der Waals surface area contributed by atoms with Crippen molar-refractivity contribution in [1.29, 1.82) is 0 Å². The molecule has 0 saturated heterocycles. The maximum atomic E-state index is 2.52. The number of nitrogens with zero attached hydrogens (tertiary/aromatic N) is 1. The van der Waals surface area contributed by atoms with Crippen molar-refractivity contribution in [3.8, 4) is 33.4 Å². The fourth-order valence-electron chi connectivity index (χ4n) is 8.85. The van der Waals surface area contributed by atoms with Crippen LogP contribution in [-0.2, 0) is 10.8 Å². The largest absolute Gasteiger partial charge is 0.310 e. The summed E-state index contributed by atoms with van der Waals surface area (Å²) >= 11 is 0. The Labute approximate surface area is 320 Å². The van der Waals surface area contributed by atoms with E-state index in [-0.39, 0.29) is 10.8 Å². The van der Waals surface area contributed by atoms with Gasteiger partial charge in [0.15, 0.2) is 0 Å². The first-order valence-corrected chi connectivity index (χ1v) is 19.4. The van der Waals surface area contributed by atoms with E-state index in [4.69, 9.17) is 0 Å². The molecule has 1 aliphatic rings. The van der Waals surface area contributed by atoms with Gasteiger partial charge in [-0.25, -0.2) is 0 Å². The second-order valence-electron chi connectivity index (χ2n) is 16.5. The van der Waals surface area contributed by atoms with Gasteiger partial charge < -0.3 is 4.90 Å². The summed E-state index contributed by atoms with van der Waals surface area (Å²) in [6.07, 6.45) is 2.40. The molecule has 0 aromatic heterocycles. The standard InChI is InChI=1S/C53H47N/c1-36-33-49-50(53(4,5)32-31-52(49,2)3)35-47(36)46-21-13-14-22-51(46)54(41-27-23-38(24-28-41)37-15-7-6-8-16-37)42-29-25-39(26-30-42)48-34-40-17-9-10-18-43(40)44-19-11-12-20-45(44)48/h6-30,33-35H,31-32H2,1-5H3. The van der Waals surface area contributed by atoms with E-state index in [9.17, 15) is 0 Å². The van der Waals surface area contributed by atoms with Crippen molar-refractivity contribution in [3.63, 3.8) is 0 Å². The molecule has 0 N–H and O–H groups in total. The van der Waals surface area contributed by atoms with Gasteiger partial charge in [0, 0.05) is 16.9 Å². The topological polar surface area (TPSA) is 3.24 Å². The van der Waals surface area contributed by atoms with E-state index in [1.165, 1.54) is 90.1 Å². The smallest absolute Gasteiger partial charge is 0.0540 e. The van der Waals surface area contributed by atoms with Gasteiger partial charge in [0.2, 0.25) is 0 Å². The molecule has 1 nitrogen and oxygen atoms in total. The molecule has 8 aromatic rings. The van der Waals surface area contributed by atoms with Gasteiger partial charge in [-0.3, -0.25) is 0 Å². The van der Waals surface area contributed by atoms with Crippen molar-refractivity contribution in [1.82, 2.24) is 0 Å². The Balaban J connectivity index is 1.21. The molecule has 1 heteroatoms. The molecule has 1 aliphatic carbocycles. The average molecular weight is 698 g/mol. The van der Waals surface area contributed by atoms with Crippen LogP contribution in [0.5, 0.6) is 0 Å². The summed E-state index contributed by atoms with van der Waals surface area (Å²) < 4.78 is 0. The fraction of sp³-hybridized carbons (Fsp3) is 0.170. The summed E-state index contributed by atoms with van der Waals surface area (Å²) in [7, 11) is 0. The van der Waals surface area contributed by atoms with Crippen molar-refractivity contribution in [2.24, 2.45) is 0 Å². The molecule has 0 bridgehead atoms. The Morgan fingerprint density at radius 1 is 0.407 bits per heavy atom. The summed E-state index contributed by atoms with van der Waals surface area (Å²) in [6.45, 7) is 12.0. The van der Waals surface area contributed by atoms with E-state index >= 15 is 0 Å². The van der Waals surface area contributed by atoms with Crippen LogP contribution < -0.4 is 4.90 Å². The SMILES string of the molecule is Cc1cc2c(cc1-c1ccccc1N(c1ccc(-c3ccccc3)cc1)c1ccc(-c3cc4ccccc4c4ccccc34)cc1)C(C)(C)CCC2(C)C. The summed E-state index contributed by atoms with van der Waals surface area (Å²) in [6, 6.07) is 62.8. The monoisotopic (exact) mass is 697 g/mol. The van der Waals surface area contributed by atoms with Crippen LogP contribution in [-0.4, -0.2) is 0 Å². The van der Waals surface area contributed by atoms with Crippen molar-refractivity contribution in [3.05, 3.63) is 187 Å². The van der Waals surface area contributed by atoms with Crippen LogP contribution in [0.1, 0.15) is 57.2 Å². The molecule has 9 rings (SSSR count). The maximum absolute atomic E-state index is 2.52. The van der Waals surface area contributed by atoms with Gasteiger partial charge in [-0.2, -0.15) is 0 Å². The lowest BCUT2D eigenvalue weighted by atomic mass is 9.62. The third-order valence-corrected chi connectivity index (χ3v) is 12.1. The molecular weight excluding hydrogens is 651 g/mol. The minimum absolute atomic E-state index is 0.123. The van der Waals surface area contributed by atoms with Crippen LogP contribution >= 0.6 is 0 Å². The van der Waals surface area contributed by atoms with Crippen LogP contribution in [0.15, 0.2) is 170 Å². The summed E-state index contributed by atoms with van der Waals surface area (Å²) in [5.74, 6) is 0. The molecule has 0 fully saturated rings. The molecule has 0 unspecified atom stereocenters. The summed E-state index contributed by atoms with van der Waals surface area (Å²) in [4.78, 5) is 2.44. The minimum Gasteiger partial charge on any atom is -0.310 e. The van der Waals surface area contributed by atoms with Gasteiger partial charge >= 0.3 is 0 Å². The predicted octanol–water partition coefficient (Wildman–Crippen LogP) is 15.1. The Hall–Kier alpha value is -5.92. The van der Waals surface area contributed by atoms with E-state index in [1.807, 2.05) is 0 Å². The highest BCUT2D eigenvalue weighted by atomic mass is 15.1. The lowest BCUT2D eigenvalue weighted by molar-refractivity contribution is 0.332. The lowest BCUT2D eigenvalue weighted by Gasteiger charge is -2.42. The van der Waals surface area contributed by atoms with E-state index < -0.39 is 0 Å². The van der Waals surface area contributed by atoms with Crippen LogP contribution in [0.3, 0.4) is 0 Å². The average Bonchev–Trinajstić information content (AvgIpc) is 3.20. The number of aryl methyl sites for hydroxylation is 1. The quantitative estimate of drug-likeness (QED) is 0.156. The van der Waals surface area contributed by atoms with E-state index in [1.54, 1.807) is 0 Å². The molecule has 0 radical (unpaired) electrons. The first-order chi connectivity index (χ1) is 26.2. The molecule has 264 valence electrons. The molecule has 0 amide bonds. The van der Waals surface area contributed by atoms with Gasteiger partial charge in [-0.15, -0.1) is 0 Å². The van der Waals surface area contributed by atoms with E-state index in [2.05, 4.69) is 209 Å². The molecule has 0 aliphatic heterocycles. The molecular formula is C53H47N. The van der Waals surface area contributed by atoms with Crippen molar-refractivity contribution >= 4 is 38.6 Å². The van der Waals surface area contributed by atoms with Crippen LogP contribution in [0.2, 0.25) is 0 Å². The van der Waals surface area contributed by atoms with Gasteiger partial charge in [-0.1, -0.05) is 155 Å². The first kappa shape index (κ1) is 33.9. The zero-order valence-electron chi connectivity index (χ0n) is 32.0. The normalized spacial score (nSPS) is 14.5. The number of hydrogen-bond donors (Lipinski definition) is 0. The molecule has 0 spiro atoms. The van der Waals surface area contributed by atoms with Gasteiger partial charge in [0.1, 0.15) is 0 Å². The third-order valence-electron chi connectivity index (χ3n) is 12.1. The Morgan fingerprint density at radius 2 is 0.926 bits per heavy atom. The zero-order chi connectivity index (χ0) is 37.0. The number of rotatable bonds is 6. The van der Waals surface area contributed by atoms with Gasteiger partial charge in [0.25, 0.3) is 0 Å². The fourth-order valence-corrected chi connectivity index (χ4v) is 8.85. The number of anilines is 3.